The summed E-state index contributed by atoms with van der Waals surface area (Å²) in [6.07, 6.45) is 0.884. The molecule has 0 atom stereocenters. The first-order valence-corrected chi connectivity index (χ1v) is 3.78. The molecule has 0 amide bonds. The van der Waals surface area contributed by atoms with Gasteiger partial charge in [-0.2, -0.15) is 0 Å². The van der Waals surface area contributed by atoms with Crippen molar-refractivity contribution in [3.63, 3.8) is 0 Å². The molecule has 0 fully saturated rings. The van der Waals surface area contributed by atoms with Crippen LogP contribution in [0.15, 0.2) is 12.7 Å². The van der Waals surface area contributed by atoms with E-state index >= 15 is 0 Å². The maximum absolute atomic E-state index is 13.0. The lowest BCUT2D eigenvalue weighted by atomic mass is 10.1. The average Bonchev–Trinajstić information content (AvgIpc) is 2.19. The zero-order valence-corrected chi connectivity index (χ0v) is 7.21. The number of benzene rings is 1. The van der Waals surface area contributed by atoms with Gasteiger partial charge in [-0.1, -0.05) is 6.08 Å². The summed E-state index contributed by atoms with van der Waals surface area (Å²) in [5.41, 5.74) is -1.56. The average molecular weight is 203 g/mol. The van der Waals surface area contributed by atoms with E-state index in [0.717, 1.165) is 6.08 Å². The van der Waals surface area contributed by atoms with Crippen LogP contribution < -0.4 is 0 Å². The van der Waals surface area contributed by atoms with Gasteiger partial charge in [-0.25, -0.2) is 17.6 Å². The maximum atomic E-state index is 13.0. The molecule has 1 radical (unpaired) electrons. The minimum Gasteiger partial charge on any atom is -0.203 e. The van der Waals surface area contributed by atoms with Crippen LogP contribution in [0.4, 0.5) is 17.6 Å². The maximum Gasteiger partial charge on any atom is 0.165 e. The molecule has 0 saturated heterocycles. The van der Waals surface area contributed by atoms with E-state index in [9.17, 15) is 17.6 Å². The second-order valence-electron chi connectivity index (χ2n) is 2.71. The number of allylic oxidation sites excluding steroid dienone is 1. The quantitative estimate of drug-likeness (QED) is 0.393. The number of rotatable bonds is 2. The third kappa shape index (κ3) is 1.52. The summed E-state index contributed by atoms with van der Waals surface area (Å²) < 4.78 is 51.8. The van der Waals surface area contributed by atoms with E-state index in [-0.39, 0.29) is 6.42 Å². The number of hydrogen-bond donors (Lipinski definition) is 0. The first kappa shape index (κ1) is 10.8. The number of hydrogen-bond acceptors (Lipinski definition) is 0. The Hall–Kier alpha value is -1.32. The molecule has 0 aliphatic carbocycles. The zero-order valence-electron chi connectivity index (χ0n) is 7.21. The monoisotopic (exact) mass is 203 g/mol. The molecule has 0 unspecified atom stereocenters. The van der Waals surface area contributed by atoms with E-state index in [2.05, 4.69) is 13.5 Å². The lowest BCUT2D eigenvalue weighted by Crippen LogP contribution is -2.05. The largest absolute Gasteiger partial charge is 0.203 e. The van der Waals surface area contributed by atoms with Crippen LogP contribution in [-0.4, -0.2) is 0 Å². The second kappa shape index (κ2) is 3.82. The van der Waals surface area contributed by atoms with Crippen LogP contribution in [-0.2, 0) is 6.42 Å². The molecule has 0 aliphatic heterocycles. The van der Waals surface area contributed by atoms with Gasteiger partial charge in [-0.05, 0) is 13.3 Å². The molecule has 0 heterocycles. The Bertz CT molecular complexity index is 353. The van der Waals surface area contributed by atoms with Crippen molar-refractivity contribution in [2.24, 2.45) is 0 Å². The fourth-order valence-electron chi connectivity index (χ4n) is 1.05. The molecule has 75 valence electrons. The van der Waals surface area contributed by atoms with Crippen LogP contribution in [0.1, 0.15) is 11.1 Å². The molecule has 0 nitrogen and oxygen atoms in total. The SMILES string of the molecule is [CH2]c1c(F)c(F)c(CC=C)c(F)c1F. The zero-order chi connectivity index (χ0) is 10.9. The fourth-order valence-corrected chi connectivity index (χ4v) is 1.05. The van der Waals surface area contributed by atoms with Gasteiger partial charge in [0.25, 0.3) is 0 Å². The number of halogens is 4. The molecule has 0 saturated carbocycles. The van der Waals surface area contributed by atoms with Crippen LogP contribution in [0.25, 0.3) is 0 Å². The molecule has 0 aromatic heterocycles. The summed E-state index contributed by atoms with van der Waals surface area (Å²) in [6.45, 7) is 6.11. The minimum atomic E-state index is -1.46. The van der Waals surface area contributed by atoms with Gasteiger partial charge in [0.05, 0.1) is 0 Å². The minimum absolute atomic E-state index is 0.272. The Morgan fingerprint density at radius 3 is 1.71 bits per heavy atom. The molecule has 0 bridgehead atoms. The van der Waals surface area contributed by atoms with Gasteiger partial charge >= 0.3 is 0 Å². The topological polar surface area (TPSA) is 0 Å². The highest BCUT2D eigenvalue weighted by Crippen LogP contribution is 2.23. The molecule has 1 aromatic carbocycles. The summed E-state index contributed by atoms with van der Waals surface area (Å²) in [5, 5.41) is 0. The van der Waals surface area contributed by atoms with Crippen LogP contribution in [0.3, 0.4) is 0 Å². The van der Waals surface area contributed by atoms with E-state index in [1.165, 1.54) is 0 Å². The summed E-state index contributed by atoms with van der Waals surface area (Å²) in [7, 11) is 0. The van der Waals surface area contributed by atoms with Gasteiger partial charge in [0.2, 0.25) is 0 Å². The fraction of sp³-hybridized carbons (Fsp3) is 0.100. The van der Waals surface area contributed by atoms with E-state index < -0.39 is 34.4 Å². The Morgan fingerprint density at radius 2 is 1.36 bits per heavy atom. The second-order valence-corrected chi connectivity index (χ2v) is 2.71. The van der Waals surface area contributed by atoms with E-state index in [1.54, 1.807) is 0 Å². The highest BCUT2D eigenvalue weighted by Gasteiger charge is 2.21. The van der Waals surface area contributed by atoms with Crippen molar-refractivity contribution in [1.29, 1.82) is 0 Å². The van der Waals surface area contributed by atoms with Crippen LogP contribution in [0.2, 0.25) is 0 Å². The molecule has 0 spiro atoms. The standard InChI is InChI=1S/C10H7F4/c1-3-4-6-9(13)7(11)5(2)8(12)10(6)14/h3H,1-2,4H2. The third-order valence-electron chi connectivity index (χ3n) is 1.79. The third-order valence-corrected chi connectivity index (χ3v) is 1.79. The highest BCUT2D eigenvalue weighted by atomic mass is 19.2. The van der Waals surface area contributed by atoms with Gasteiger partial charge in [-0.3, -0.25) is 0 Å². The predicted molar refractivity (Wildman–Crippen MR) is 44.6 cm³/mol. The molecular formula is C10H7F4. The van der Waals surface area contributed by atoms with Crippen LogP contribution in [0.5, 0.6) is 0 Å². The highest BCUT2D eigenvalue weighted by molar-refractivity contribution is 5.32. The Kier molecular flexibility index (Phi) is 2.93. The van der Waals surface area contributed by atoms with Crippen molar-refractivity contribution in [3.05, 3.63) is 54.0 Å². The molecule has 1 rings (SSSR count). The van der Waals surface area contributed by atoms with Crippen molar-refractivity contribution in [2.45, 2.75) is 6.42 Å². The molecular weight excluding hydrogens is 196 g/mol. The van der Waals surface area contributed by atoms with Crippen LogP contribution in [0, 0.1) is 30.2 Å². The van der Waals surface area contributed by atoms with Gasteiger partial charge in [0, 0.05) is 11.1 Å². The summed E-state index contributed by atoms with van der Waals surface area (Å²) in [4.78, 5) is 0. The summed E-state index contributed by atoms with van der Waals surface area (Å²) in [5.74, 6) is -5.73. The van der Waals surface area contributed by atoms with Crippen molar-refractivity contribution < 1.29 is 17.6 Å². The Morgan fingerprint density at radius 1 is 0.929 bits per heavy atom. The molecule has 4 heteroatoms. The van der Waals surface area contributed by atoms with Crippen molar-refractivity contribution in [2.75, 3.05) is 0 Å². The Labute approximate surface area is 78.9 Å². The van der Waals surface area contributed by atoms with Gasteiger partial charge in [0.15, 0.2) is 23.3 Å². The first-order valence-electron chi connectivity index (χ1n) is 3.78. The lowest BCUT2D eigenvalue weighted by molar-refractivity contribution is 0.437. The van der Waals surface area contributed by atoms with Gasteiger partial charge in [-0.15, -0.1) is 6.58 Å². The molecule has 0 aliphatic rings. The smallest absolute Gasteiger partial charge is 0.165 e. The molecule has 14 heavy (non-hydrogen) atoms. The molecule has 0 N–H and O–H groups in total. The normalized spacial score (nSPS) is 10.4. The Balaban J connectivity index is 3.50. The predicted octanol–water partition coefficient (Wildman–Crippen LogP) is 3.15. The van der Waals surface area contributed by atoms with E-state index in [0.29, 0.717) is 0 Å². The summed E-state index contributed by atoms with van der Waals surface area (Å²) >= 11 is 0. The van der Waals surface area contributed by atoms with Gasteiger partial charge in [0.1, 0.15) is 0 Å². The lowest BCUT2D eigenvalue weighted by Gasteiger charge is -2.07. The van der Waals surface area contributed by atoms with E-state index in [1.807, 2.05) is 0 Å². The molecule has 1 aromatic rings. The van der Waals surface area contributed by atoms with Crippen molar-refractivity contribution in [1.82, 2.24) is 0 Å². The summed E-state index contributed by atoms with van der Waals surface area (Å²) in [6, 6.07) is 0. The first-order chi connectivity index (χ1) is 6.50. The van der Waals surface area contributed by atoms with Crippen molar-refractivity contribution >= 4 is 0 Å². The van der Waals surface area contributed by atoms with Crippen molar-refractivity contribution in [3.8, 4) is 0 Å². The van der Waals surface area contributed by atoms with Crippen LogP contribution >= 0.6 is 0 Å². The van der Waals surface area contributed by atoms with Gasteiger partial charge < -0.3 is 0 Å². The van der Waals surface area contributed by atoms with E-state index in [4.69, 9.17) is 0 Å².